The topological polar surface area (TPSA) is 88.1 Å². The van der Waals surface area contributed by atoms with Gasteiger partial charge in [0.2, 0.25) is 0 Å². The summed E-state index contributed by atoms with van der Waals surface area (Å²) in [6, 6.07) is 0.0352. The third-order valence-corrected chi connectivity index (χ3v) is 4.67. The van der Waals surface area contributed by atoms with Crippen molar-refractivity contribution in [3.05, 3.63) is 23.0 Å². The van der Waals surface area contributed by atoms with E-state index in [2.05, 4.69) is 20.5 Å². The number of hydrogen-bond donors (Lipinski definition) is 2. The van der Waals surface area contributed by atoms with Crippen molar-refractivity contribution in [3.8, 4) is 5.75 Å². The molecule has 0 aromatic carbocycles. The Bertz CT molecular complexity index is 749. The van der Waals surface area contributed by atoms with Crippen molar-refractivity contribution in [2.75, 3.05) is 26.7 Å². The van der Waals surface area contributed by atoms with E-state index in [0.717, 1.165) is 48.0 Å². The Kier molecular flexibility index (Phi) is 10.1. The van der Waals surface area contributed by atoms with Crippen LogP contribution >= 0.6 is 24.0 Å². The Labute approximate surface area is 197 Å². The van der Waals surface area contributed by atoms with E-state index in [9.17, 15) is 4.79 Å². The number of nitrogens with one attached hydrogen (secondary N) is 2. The Morgan fingerprint density at radius 1 is 1.37 bits per heavy atom. The summed E-state index contributed by atoms with van der Waals surface area (Å²) in [6.07, 6.45) is 2.29. The van der Waals surface area contributed by atoms with Gasteiger partial charge in [-0.15, -0.1) is 24.0 Å². The number of guanidine groups is 1. The Morgan fingerprint density at radius 2 is 2.07 bits per heavy atom. The van der Waals surface area contributed by atoms with E-state index in [1.54, 1.807) is 7.11 Å². The maximum atomic E-state index is 12.0. The number of alkyl carbamates (subject to hydrolysis) is 1. The quantitative estimate of drug-likeness (QED) is 0.343. The first-order valence-electron chi connectivity index (χ1n) is 10.2. The molecule has 0 spiro atoms. The van der Waals surface area contributed by atoms with E-state index in [0.29, 0.717) is 13.1 Å². The molecule has 1 aromatic heterocycles. The summed E-state index contributed by atoms with van der Waals surface area (Å²) in [5.41, 5.74) is 2.42. The van der Waals surface area contributed by atoms with Gasteiger partial charge in [0.15, 0.2) is 5.96 Å². The molecule has 1 saturated heterocycles. The van der Waals surface area contributed by atoms with Crippen LogP contribution in [0.2, 0.25) is 0 Å². The van der Waals surface area contributed by atoms with Crippen molar-refractivity contribution >= 4 is 36.0 Å². The molecule has 9 heteroatoms. The number of aromatic nitrogens is 1. The second-order valence-electron chi connectivity index (χ2n) is 8.29. The number of pyridine rings is 1. The van der Waals surface area contributed by atoms with Crippen LogP contribution in [0.4, 0.5) is 4.79 Å². The third-order valence-electron chi connectivity index (χ3n) is 4.67. The molecule has 0 aliphatic carbocycles. The zero-order valence-corrected chi connectivity index (χ0v) is 21.5. The van der Waals surface area contributed by atoms with Crippen molar-refractivity contribution in [2.45, 2.75) is 66.2 Å². The standard InChI is InChI=1S/C21H35N5O3.HI/c1-8-22-19(24-12-17-15(3)18(28-7)14(2)11-23-17)26-10-9-16(13-26)25-20(27)29-21(4,5)6;/h11,16H,8-10,12-13H2,1-7H3,(H,22,24)(H,25,27);1H. The van der Waals surface area contributed by atoms with Crippen LogP contribution in [-0.4, -0.2) is 60.3 Å². The lowest BCUT2D eigenvalue weighted by molar-refractivity contribution is 0.0507. The summed E-state index contributed by atoms with van der Waals surface area (Å²) in [4.78, 5) is 23.5. The molecule has 2 rings (SSSR count). The number of carbonyl (C=O) groups excluding carboxylic acids is 1. The number of likely N-dealkylation sites (tertiary alicyclic amines) is 1. The van der Waals surface area contributed by atoms with E-state index in [1.165, 1.54) is 0 Å². The van der Waals surface area contributed by atoms with E-state index >= 15 is 0 Å². The second-order valence-corrected chi connectivity index (χ2v) is 8.29. The van der Waals surface area contributed by atoms with Gasteiger partial charge in [-0.3, -0.25) is 4.98 Å². The zero-order valence-electron chi connectivity index (χ0n) is 19.2. The van der Waals surface area contributed by atoms with Crippen molar-refractivity contribution in [1.82, 2.24) is 20.5 Å². The molecular weight excluding hydrogens is 497 g/mol. The van der Waals surface area contributed by atoms with E-state index < -0.39 is 5.60 Å². The fraction of sp³-hybridized carbons (Fsp3) is 0.667. The van der Waals surface area contributed by atoms with Gasteiger partial charge in [0.1, 0.15) is 11.4 Å². The second kappa shape index (κ2) is 11.6. The highest BCUT2D eigenvalue weighted by atomic mass is 127. The number of carbonyl (C=O) groups is 1. The molecule has 1 aromatic rings. The van der Waals surface area contributed by atoms with Crippen molar-refractivity contribution < 1.29 is 14.3 Å². The van der Waals surface area contributed by atoms with Crippen LogP contribution in [0.5, 0.6) is 5.75 Å². The Morgan fingerprint density at radius 3 is 2.67 bits per heavy atom. The number of halogens is 1. The maximum absolute atomic E-state index is 12.0. The highest BCUT2D eigenvalue weighted by Crippen LogP contribution is 2.24. The summed E-state index contributed by atoms with van der Waals surface area (Å²) in [5.74, 6) is 1.68. The van der Waals surface area contributed by atoms with Gasteiger partial charge in [0.25, 0.3) is 0 Å². The molecule has 30 heavy (non-hydrogen) atoms. The predicted molar refractivity (Wildman–Crippen MR) is 130 cm³/mol. The van der Waals surface area contributed by atoms with Crippen LogP contribution in [0.3, 0.4) is 0 Å². The number of amides is 1. The van der Waals surface area contributed by atoms with Crippen LogP contribution in [-0.2, 0) is 11.3 Å². The maximum Gasteiger partial charge on any atom is 0.407 e. The fourth-order valence-corrected chi connectivity index (χ4v) is 3.35. The minimum atomic E-state index is -0.501. The normalized spacial score (nSPS) is 16.7. The summed E-state index contributed by atoms with van der Waals surface area (Å²) >= 11 is 0. The number of ether oxygens (including phenoxy) is 2. The molecule has 1 fully saturated rings. The van der Waals surface area contributed by atoms with Gasteiger partial charge < -0.3 is 25.0 Å². The molecular formula is C21H36IN5O3. The fourth-order valence-electron chi connectivity index (χ4n) is 3.35. The van der Waals surface area contributed by atoms with Gasteiger partial charge in [-0.05, 0) is 48.0 Å². The molecule has 2 heterocycles. The van der Waals surface area contributed by atoms with Crippen LogP contribution in [0, 0.1) is 13.8 Å². The average Bonchev–Trinajstić information content (AvgIpc) is 3.07. The molecule has 1 unspecified atom stereocenters. The lowest BCUT2D eigenvalue weighted by Gasteiger charge is -2.23. The lowest BCUT2D eigenvalue weighted by Crippen LogP contribution is -2.44. The number of rotatable bonds is 5. The van der Waals surface area contributed by atoms with Crippen LogP contribution in [0.1, 0.15) is 50.9 Å². The Hall–Kier alpha value is -1.78. The number of nitrogens with zero attached hydrogens (tertiary/aromatic N) is 3. The number of methoxy groups -OCH3 is 1. The first-order valence-corrected chi connectivity index (χ1v) is 10.2. The van der Waals surface area contributed by atoms with E-state index in [4.69, 9.17) is 14.5 Å². The smallest absolute Gasteiger partial charge is 0.407 e. The first-order chi connectivity index (χ1) is 13.6. The van der Waals surface area contributed by atoms with Gasteiger partial charge >= 0.3 is 6.09 Å². The van der Waals surface area contributed by atoms with Crippen LogP contribution in [0.25, 0.3) is 0 Å². The lowest BCUT2D eigenvalue weighted by atomic mass is 10.1. The van der Waals surface area contributed by atoms with Gasteiger partial charge in [-0.1, -0.05) is 0 Å². The third kappa shape index (κ3) is 7.48. The minimum absolute atomic E-state index is 0. The molecule has 0 saturated carbocycles. The van der Waals surface area contributed by atoms with Crippen molar-refractivity contribution in [1.29, 1.82) is 0 Å². The van der Waals surface area contributed by atoms with E-state index in [-0.39, 0.29) is 36.1 Å². The SMILES string of the molecule is CCNC(=NCc1ncc(C)c(OC)c1C)N1CCC(NC(=O)OC(C)(C)C)C1.I. The molecule has 1 amide bonds. The largest absolute Gasteiger partial charge is 0.496 e. The Balaban J connectivity index is 0.00000450. The highest BCUT2D eigenvalue weighted by Gasteiger charge is 2.28. The molecule has 170 valence electrons. The average molecular weight is 533 g/mol. The van der Waals surface area contributed by atoms with Gasteiger partial charge in [0, 0.05) is 37.0 Å². The number of hydrogen-bond acceptors (Lipinski definition) is 5. The molecule has 8 nitrogen and oxygen atoms in total. The molecule has 1 atom stereocenters. The van der Waals surface area contributed by atoms with Crippen molar-refractivity contribution in [3.63, 3.8) is 0 Å². The van der Waals surface area contributed by atoms with E-state index in [1.807, 2.05) is 47.7 Å². The monoisotopic (exact) mass is 533 g/mol. The van der Waals surface area contributed by atoms with Gasteiger partial charge in [-0.25, -0.2) is 9.79 Å². The summed E-state index contributed by atoms with van der Waals surface area (Å²) < 4.78 is 10.8. The molecule has 1 aliphatic rings. The molecule has 2 N–H and O–H groups in total. The minimum Gasteiger partial charge on any atom is -0.496 e. The first kappa shape index (κ1) is 26.3. The summed E-state index contributed by atoms with van der Waals surface area (Å²) in [5, 5.41) is 6.29. The van der Waals surface area contributed by atoms with Crippen LogP contribution in [0.15, 0.2) is 11.2 Å². The number of aliphatic imine (C=N–C) groups is 1. The van der Waals surface area contributed by atoms with Gasteiger partial charge in [-0.2, -0.15) is 0 Å². The molecule has 0 bridgehead atoms. The summed E-state index contributed by atoms with van der Waals surface area (Å²) in [6.45, 7) is 14.4. The number of aryl methyl sites for hydroxylation is 1. The van der Waals surface area contributed by atoms with Gasteiger partial charge in [0.05, 0.1) is 25.4 Å². The van der Waals surface area contributed by atoms with Crippen molar-refractivity contribution in [2.24, 2.45) is 4.99 Å². The zero-order chi connectivity index (χ0) is 21.6. The highest BCUT2D eigenvalue weighted by molar-refractivity contribution is 14.0. The molecule has 1 aliphatic heterocycles. The summed E-state index contributed by atoms with van der Waals surface area (Å²) in [7, 11) is 1.68. The predicted octanol–water partition coefficient (Wildman–Crippen LogP) is 3.39. The van der Waals surface area contributed by atoms with Crippen LogP contribution < -0.4 is 15.4 Å². The molecule has 0 radical (unpaired) electrons.